The summed E-state index contributed by atoms with van der Waals surface area (Å²) in [4.78, 5) is 8.56. The molecule has 0 fully saturated rings. The summed E-state index contributed by atoms with van der Waals surface area (Å²) in [5.74, 6) is 0. The van der Waals surface area contributed by atoms with E-state index in [9.17, 15) is 0 Å². The van der Waals surface area contributed by atoms with Gasteiger partial charge in [-0.3, -0.25) is 0 Å². The van der Waals surface area contributed by atoms with E-state index in [1.54, 1.807) is 0 Å². The fourth-order valence-corrected chi connectivity index (χ4v) is 0. The zero-order valence-electron chi connectivity index (χ0n) is 3.25. The van der Waals surface area contributed by atoms with Crippen molar-refractivity contribution in [3.8, 4) is 0 Å². The van der Waals surface area contributed by atoms with Crippen LogP contribution >= 0.6 is 0 Å². The van der Waals surface area contributed by atoms with E-state index in [4.69, 9.17) is 19.2 Å². The van der Waals surface area contributed by atoms with Crippen molar-refractivity contribution in [2.75, 3.05) is 0 Å². The summed E-state index contributed by atoms with van der Waals surface area (Å²) < 4.78 is 7.14. The molecule has 0 rings (SSSR count). The van der Waals surface area contributed by atoms with E-state index in [1.165, 1.54) is 0 Å². The Balaban J connectivity index is -0.0000000480. The van der Waals surface area contributed by atoms with Gasteiger partial charge >= 0.3 is 52.3 Å². The molecular weight excluding hydrogens is 126 g/mol. The Bertz CT molecular complexity index is 34.7. The number of carboxylic acid groups (broad SMARTS) is 2. The zero-order chi connectivity index (χ0) is 5.58. The van der Waals surface area contributed by atoms with Crippen LogP contribution in [0, 0.1) is 0 Å². The molecule has 38 valence electrons. The molecule has 0 radical (unpaired) electrons. The molecule has 6 heteroatoms. The molecule has 4 nitrogen and oxygen atoms in total. The van der Waals surface area contributed by atoms with E-state index in [-0.39, 0.29) is 29.6 Å². The third kappa shape index (κ3) is 264. The van der Waals surface area contributed by atoms with Gasteiger partial charge in [0, 0.05) is 0 Å². The molecule has 0 saturated carbocycles. The van der Waals surface area contributed by atoms with Gasteiger partial charge in [0.25, 0.3) is 0 Å². The molecule has 0 amide bonds. The van der Waals surface area contributed by atoms with E-state index in [2.05, 4.69) is 0 Å². The van der Waals surface area contributed by atoms with Gasteiger partial charge in [-0.05, 0) is 0 Å². The molecule has 0 aliphatic heterocycles. The first-order valence-electron chi connectivity index (χ1n) is 1.10. The molecule has 0 aromatic rings. The molecule has 3 N–H and O–H groups in total. The summed E-state index contributed by atoms with van der Waals surface area (Å²) in [5, 5.41) is 13.9. The van der Waals surface area contributed by atoms with Crippen molar-refractivity contribution in [3.63, 3.8) is 0 Å². The van der Waals surface area contributed by atoms with Crippen LogP contribution in [-0.4, -0.2) is 66.7 Å². The van der Waals surface area contributed by atoms with Crippen molar-refractivity contribution in [1.29, 1.82) is 0 Å². The van der Waals surface area contributed by atoms with Crippen LogP contribution in [0.25, 0.3) is 0 Å². The van der Waals surface area contributed by atoms with Gasteiger partial charge in [-0.2, -0.15) is 0 Å². The third-order valence-corrected chi connectivity index (χ3v) is 0. The quantitative estimate of drug-likeness (QED) is 0.336. The minimum atomic E-state index is -1.83. The Labute approximate surface area is 71.2 Å². The minimum absolute atomic E-state index is 0. The molecule has 7 heavy (non-hydrogen) atoms. The molecular formula is CH6AlNaO4. The van der Waals surface area contributed by atoms with Crippen LogP contribution in [0.2, 0.25) is 0 Å². The van der Waals surface area contributed by atoms with Gasteiger partial charge in [-0.15, -0.1) is 0 Å². The zero-order valence-corrected chi connectivity index (χ0v) is 5.25. The van der Waals surface area contributed by atoms with Crippen LogP contribution in [0.15, 0.2) is 0 Å². The smallest absolute Gasteiger partial charge is 0.407 e. The maximum absolute atomic E-state index is 8.56. The molecule has 0 spiro atoms. The van der Waals surface area contributed by atoms with Gasteiger partial charge in [0.05, 0.1) is 0 Å². The summed E-state index contributed by atoms with van der Waals surface area (Å²) in [5.41, 5.74) is 0. The number of rotatable bonds is 0. The molecule has 0 unspecified atom stereocenters. The SMILES string of the molecule is O=C(O)O.[NaH].[OH][AlH2]. The predicted molar refractivity (Wildman–Crippen MR) is 28.6 cm³/mol. The van der Waals surface area contributed by atoms with E-state index in [0.717, 1.165) is 0 Å². The second-order valence-corrected chi connectivity index (χ2v) is 0.283. The molecule has 0 aromatic carbocycles. The second-order valence-electron chi connectivity index (χ2n) is 0.283. The van der Waals surface area contributed by atoms with Crippen molar-refractivity contribution in [3.05, 3.63) is 0 Å². The Morgan fingerprint density at radius 2 is 1.29 bits per heavy atom. The number of hydrogen-bond acceptors (Lipinski definition) is 2. The van der Waals surface area contributed by atoms with E-state index in [0.29, 0.717) is 16.6 Å². The van der Waals surface area contributed by atoms with Gasteiger partial charge in [0.15, 0.2) is 0 Å². The van der Waals surface area contributed by atoms with Crippen LogP contribution in [-0.2, 0) is 0 Å². The van der Waals surface area contributed by atoms with Crippen molar-refractivity contribution in [1.82, 2.24) is 0 Å². The van der Waals surface area contributed by atoms with Gasteiger partial charge < -0.3 is 14.4 Å². The van der Waals surface area contributed by atoms with Crippen LogP contribution < -0.4 is 0 Å². The van der Waals surface area contributed by atoms with E-state index in [1.807, 2.05) is 0 Å². The van der Waals surface area contributed by atoms with Crippen LogP contribution in [0.1, 0.15) is 0 Å². The minimum Gasteiger partial charge on any atom is -0.521 e. The number of carbonyl (C=O) groups is 1. The molecule has 0 atom stereocenters. The molecule has 0 aromatic heterocycles. The van der Waals surface area contributed by atoms with Gasteiger partial charge in [0.2, 0.25) is 0 Å². The fourth-order valence-electron chi connectivity index (χ4n) is 0. The Morgan fingerprint density at radius 3 is 1.29 bits per heavy atom. The van der Waals surface area contributed by atoms with Gasteiger partial charge in [-0.1, -0.05) is 0 Å². The molecule has 0 aliphatic carbocycles. The van der Waals surface area contributed by atoms with Crippen LogP contribution in [0.4, 0.5) is 4.79 Å². The van der Waals surface area contributed by atoms with Crippen LogP contribution in [0.5, 0.6) is 0 Å². The maximum Gasteiger partial charge on any atom is 0.407 e. The monoisotopic (exact) mass is 132 g/mol. The maximum atomic E-state index is 8.56. The average molecular weight is 132 g/mol. The summed E-state index contributed by atoms with van der Waals surface area (Å²) in [6.45, 7) is 0. The second kappa shape index (κ2) is 15.9. The number of hydrogen-bond donors (Lipinski definition) is 3. The Kier molecular flexibility index (Phi) is 35.5. The van der Waals surface area contributed by atoms with Crippen molar-refractivity contribution in [2.24, 2.45) is 0 Å². The van der Waals surface area contributed by atoms with Crippen molar-refractivity contribution < 1.29 is 19.2 Å². The van der Waals surface area contributed by atoms with Crippen molar-refractivity contribution >= 4 is 52.3 Å². The molecule has 0 saturated heterocycles. The first-order chi connectivity index (χ1) is 2.73. The predicted octanol–water partition coefficient (Wildman–Crippen LogP) is -1.90. The summed E-state index contributed by atoms with van der Waals surface area (Å²) in [7, 11) is 0. The van der Waals surface area contributed by atoms with Gasteiger partial charge in [0.1, 0.15) is 0 Å². The molecule has 0 heterocycles. The largest absolute Gasteiger partial charge is 0.521 e. The topological polar surface area (TPSA) is 77.8 Å². The van der Waals surface area contributed by atoms with Crippen molar-refractivity contribution in [2.45, 2.75) is 0 Å². The first kappa shape index (κ1) is 15.7. The van der Waals surface area contributed by atoms with E-state index >= 15 is 0 Å². The summed E-state index contributed by atoms with van der Waals surface area (Å²) >= 11 is 0.306. The molecule has 0 aliphatic rings. The normalized spacial score (nSPS) is 4.14. The fraction of sp³-hybridized carbons (Fsp3) is 0. The summed E-state index contributed by atoms with van der Waals surface area (Å²) in [6.07, 6.45) is -1.83. The standard InChI is InChI=1S/CH2O3.Al.Na.H2O.3H/c2-1(3)4;;;;;;/h(H2,2,3,4);;;1H2;;;/q;+1;;;;;/p-1. The molecule has 0 bridgehead atoms. The summed E-state index contributed by atoms with van der Waals surface area (Å²) in [6, 6.07) is 0. The Hall–Kier alpha value is 0.762. The van der Waals surface area contributed by atoms with Crippen LogP contribution in [0.3, 0.4) is 0 Å². The van der Waals surface area contributed by atoms with Gasteiger partial charge in [-0.25, -0.2) is 4.79 Å². The third-order valence-electron chi connectivity index (χ3n) is 0. The first-order valence-corrected chi connectivity index (χ1v) is 1.99. The Morgan fingerprint density at radius 1 is 1.29 bits per heavy atom. The average Bonchev–Trinajstić information content (AvgIpc) is 1.41. The van der Waals surface area contributed by atoms with E-state index < -0.39 is 6.16 Å².